The fourth-order valence-corrected chi connectivity index (χ4v) is 1.59. The van der Waals surface area contributed by atoms with Gasteiger partial charge in [-0.15, -0.1) is 0 Å². The molecule has 1 saturated heterocycles. The van der Waals surface area contributed by atoms with Crippen LogP contribution in [0.2, 0.25) is 0 Å². The third-order valence-electron chi connectivity index (χ3n) is 2.68. The minimum Gasteiger partial charge on any atom is -0.479 e. The maximum atomic E-state index is 10.6. The quantitative estimate of drug-likeness (QED) is 0.354. The van der Waals surface area contributed by atoms with E-state index in [9.17, 15) is 25.2 Å². The molecule has 0 aliphatic carbocycles. The van der Waals surface area contributed by atoms with Crippen LogP contribution < -0.4 is 0 Å². The molecule has 1 aliphatic heterocycles. The van der Waals surface area contributed by atoms with Gasteiger partial charge < -0.3 is 30.3 Å². The lowest BCUT2D eigenvalue weighted by atomic mass is 9.82. The monoisotopic (exact) mass is 222 g/mol. The molecule has 1 aliphatic rings. The number of aliphatic carboxylic acids is 1. The Morgan fingerprint density at radius 2 is 1.87 bits per heavy atom. The topological polar surface area (TPSA) is 127 Å². The maximum Gasteiger partial charge on any atom is 0.335 e. The summed E-state index contributed by atoms with van der Waals surface area (Å²) >= 11 is 0. The lowest BCUT2D eigenvalue weighted by Gasteiger charge is -2.45. The molecule has 88 valence electrons. The van der Waals surface area contributed by atoms with Crippen molar-refractivity contribution in [1.29, 1.82) is 0 Å². The van der Waals surface area contributed by atoms with E-state index in [1.165, 1.54) is 6.92 Å². The largest absolute Gasteiger partial charge is 0.479 e. The van der Waals surface area contributed by atoms with Crippen LogP contribution in [0.4, 0.5) is 0 Å². The molecule has 7 nitrogen and oxygen atoms in total. The highest BCUT2D eigenvalue weighted by atomic mass is 16.6. The normalized spacial score (nSPS) is 46.5. The Hall–Kier alpha value is -0.730. The molecule has 0 saturated carbocycles. The van der Waals surface area contributed by atoms with E-state index < -0.39 is 36.2 Å². The number of hydrogen-bond acceptors (Lipinski definition) is 6. The molecule has 0 radical (unpaired) electrons. The zero-order chi connectivity index (χ0) is 11.8. The number of aliphatic hydroxyl groups is 4. The first-order valence-corrected chi connectivity index (χ1v) is 4.49. The van der Waals surface area contributed by atoms with Crippen molar-refractivity contribution in [2.75, 3.05) is 0 Å². The van der Waals surface area contributed by atoms with E-state index in [2.05, 4.69) is 4.74 Å². The van der Waals surface area contributed by atoms with Gasteiger partial charge in [-0.3, -0.25) is 0 Å². The fourth-order valence-electron chi connectivity index (χ4n) is 1.59. The van der Waals surface area contributed by atoms with Gasteiger partial charge in [0.25, 0.3) is 0 Å². The second-order valence-electron chi connectivity index (χ2n) is 3.52. The van der Waals surface area contributed by atoms with E-state index in [0.717, 1.165) is 0 Å². The zero-order valence-electron chi connectivity index (χ0n) is 8.07. The lowest BCUT2D eigenvalue weighted by Crippen LogP contribution is -2.67. The highest BCUT2D eigenvalue weighted by Crippen LogP contribution is 2.31. The second-order valence-corrected chi connectivity index (χ2v) is 3.52. The van der Waals surface area contributed by atoms with E-state index >= 15 is 0 Å². The zero-order valence-corrected chi connectivity index (χ0v) is 8.07. The molecule has 5 N–H and O–H groups in total. The smallest absolute Gasteiger partial charge is 0.335 e. The molecule has 0 aromatic carbocycles. The highest BCUT2D eigenvalue weighted by Gasteiger charge is 2.55. The summed E-state index contributed by atoms with van der Waals surface area (Å²) in [5.41, 5.74) is -2.08. The van der Waals surface area contributed by atoms with Crippen LogP contribution in [-0.4, -0.2) is 61.7 Å². The first-order valence-electron chi connectivity index (χ1n) is 4.49. The van der Waals surface area contributed by atoms with Crippen LogP contribution >= 0.6 is 0 Å². The molecule has 7 heteroatoms. The van der Waals surface area contributed by atoms with Crippen molar-refractivity contribution in [2.24, 2.45) is 0 Å². The minimum atomic E-state index is -2.08. The van der Waals surface area contributed by atoms with Gasteiger partial charge in [0.1, 0.15) is 17.8 Å². The molecule has 0 bridgehead atoms. The van der Waals surface area contributed by atoms with Gasteiger partial charge in [0.05, 0.1) is 0 Å². The Kier molecular flexibility index (Phi) is 3.31. The summed E-state index contributed by atoms with van der Waals surface area (Å²) in [6.07, 6.45) is -7.24. The summed E-state index contributed by atoms with van der Waals surface area (Å²) in [4.78, 5) is 10.6. The standard InChI is InChI=1S/C8H14O7/c1-2-8(14)4(9)3(6(11)12)15-7(13)5(8)10/h3-5,7,9-10,13-14H,2H2,1H3,(H,11,12)/t3-,4+,5-,7+,8-/m0/s1. The first-order chi connectivity index (χ1) is 6.84. The fraction of sp³-hybridized carbons (Fsp3) is 0.875. The van der Waals surface area contributed by atoms with Crippen molar-refractivity contribution in [3.8, 4) is 0 Å². The summed E-state index contributed by atoms with van der Waals surface area (Å²) in [6, 6.07) is 0. The number of aliphatic hydroxyl groups excluding tert-OH is 3. The molecule has 1 rings (SSSR count). The molecule has 1 heterocycles. The summed E-state index contributed by atoms with van der Waals surface area (Å²) in [5, 5.41) is 46.5. The molecule has 0 unspecified atom stereocenters. The summed E-state index contributed by atoms with van der Waals surface area (Å²) < 4.78 is 4.47. The number of ether oxygens (including phenoxy) is 1. The van der Waals surface area contributed by atoms with Gasteiger partial charge >= 0.3 is 5.97 Å². The second kappa shape index (κ2) is 4.03. The highest BCUT2D eigenvalue weighted by molar-refractivity contribution is 5.73. The average molecular weight is 222 g/mol. The van der Waals surface area contributed by atoms with E-state index in [1.54, 1.807) is 0 Å². The van der Waals surface area contributed by atoms with Crippen LogP contribution in [0, 0.1) is 0 Å². The lowest BCUT2D eigenvalue weighted by molar-refractivity contribution is -0.314. The van der Waals surface area contributed by atoms with Crippen LogP contribution in [-0.2, 0) is 9.53 Å². The number of hydrogen-bond donors (Lipinski definition) is 5. The molecule has 0 aromatic rings. The molecule has 5 atom stereocenters. The maximum absolute atomic E-state index is 10.6. The molecule has 0 spiro atoms. The van der Waals surface area contributed by atoms with E-state index in [-0.39, 0.29) is 6.42 Å². The van der Waals surface area contributed by atoms with Gasteiger partial charge in [-0.1, -0.05) is 6.92 Å². The third kappa shape index (κ3) is 1.84. The SMILES string of the molecule is CC[C@]1(O)[C@H](O)[C@@H](C(=O)O)O[C@@H](O)[C@@H]1O. The summed E-state index contributed by atoms with van der Waals surface area (Å²) in [5.74, 6) is -1.51. The van der Waals surface area contributed by atoms with E-state index in [4.69, 9.17) is 5.11 Å². The Morgan fingerprint density at radius 1 is 1.33 bits per heavy atom. The number of carbonyl (C=O) groups is 1. The Bertz CT molecular complexity index is 255. The van der Waals surface area contributed by atoms with Gasteiger partial charge in [0, 0.05) is 0 Å². The van der Waals surface area contributed by atoms with Gasteiger partial charge in [-0.2, -0.15) is 0 Å². The number of carboxylic acid groups (broad SMARTS) is 1. The van der Waals surface area contributed by atoms with Crippen LogP contribution in [0.5, 0.6) is 0 Å². The van der Waals surface area contributed by atoms with Crippen LogP contribution in [0.3, 0.4) is 0 Å². The third-order valence-corrected chi connectivity index (χ3v) is 2.68. The molecule has 15 heavy (non-hydrogen) atoms. The van der Waals surface area contributed by atoms with Crippen molar-refractivity contribution in [2.45, 2.75) is 43.5 Å². The van der Waals surface area contributed by atoms with Crippen molar-refractivity contribution in [3.63, 3.8) is 0 Å². The molecular weight excluding hydrogens is 208 g/mol. The van der Waals surface area contributed by atoms with Crippen molar-refractivity contribution >= 4 is 5.97 Å². The van der Waals surface area contributed by atoms with Crippen LogP contribution in [0.1, 0.15) is 13.3 Å². The predicted molar refractivity (Wildman–Crippen MR) is 45.8 cm³/mol. The Balaban J connectivity index is 2.99. The van der Waals surface area contributed by atoms with Crippen LogP contribution in [0.15, 0.2) is 0 Å². The van der Waals surface area contributed by atoms with Gasteiger partial charge in [0.2, 0.25) is 0 Å². The Labute approximate surface area is 85.5 Å². The average Bonchev–Trinajstić information content (AvgIpc) is 2.20. The molecule has 1 fully saturated rings. The van der Waals surface area contributed by atoms with Crippen LogP contribution in [0.25, 0.3) is 0 Å². The molecule has 0 aromatic heterocycles. The van der Waals surface area contributed by atoms with E-state index in [0.29, 0.717) is 0 Å². The van der Waals surface area contributed by atoms with E-state index in [1.807, 2.05) is 0 Å². The van der Waals surface area contributed by atoms with Crippen molar-refractivity contribution < 1.29 is 35.1 Å². The minimum absolute atomic E-state index is 0.112. The number of carboxylic acids is 1. The Morgan fingerprint density at radius 3 is 2.27 bits per heavy atom. The molecule has 0 amide bonds. The number of rotatable bonds is 2. The first kappa shape index (κ1) is 12.3. The molecular formula is C8H14O7. The summed E-state index contributed by atoms with van der Waals surface area (Å²) in [7, 11) is 0. The van der Waals surface area contributed by atoms with Gasteiger partial charge in [0.15, 0.2) is 12.4 Å². The predicted octanol–water partition coefficient (Wildman–Crippen LogP) is -2.35. The van der Waals surface area contributed by atoms with Crippen molar-refractivity contribution in [1.82, 2.24) is 0 Å². The summed E-state index contributed by atoms with van der Waals surface area (Å²) in [6.45, 7) is 1.45. The van der Waals surface area contributed by atoms with Crippen molar-refractivity contribution in [3.05, 3.63) is 0 Å². The van der Waals surface area contributed by atoms with Gasteiger partial charge in [-0.25, -0.2) is 4.79 Å². The van der Waals surface area contributed by atoms with Gasteiger partial charge in [-0.05, 0) is 6.42 Å².